The summed E-state index contributed by atoms with van der Waals surface area (Å²) in [6, 6.07) is 7.65. The van der Waals surface area contributed by atoms with Crippen molar-refractivity contribution in [1.82, 2.24) is 15.1 Å². The van der Waals surface area contributed by atoms with Crippen molar-refractivity contribution < 1.29 is 14.4 Å². The third kappa shape index (κ3) is 5.00. The van der Waals surface area contributed by atoms with Crippen molar-refractivity contribution in [3.8, 4) is 0 Å². The third-order valence-corrected chi connectivity index (χ3v) is 5.75. The molecular formula is C22H29N3O3. The average molecular weight is 383 g/mol. The van der Waals surface area contributed by atoms with Gasteiger partial charge in [-0.1, -0.05) is 43.7 Å². The Labute approximate surface area is 166 Å². The molecule has 28 heavy (non-hydrogen) atoms. The zero-order chi connectivity index (χ0) is 19.9. The van der Waals surface area contributed by atoms with Crippen LogP contribution in [0.15, 0.2) is 36.9 Å². The predicted octanol–water partition coefficient (Wildman–Crippen LogP) is 1.89. The number of rotatable bonds is 6. The zero-order valence-corrected chi connectivity index (χ0v) is 16.4. The van der Waals surface area contributed by atoms with E-state index in [-0.39, 0.29) is 23.6 Å². The van der Waals surface area contributed by atoms with Crippen LogP contribution >= 0.6 is 0 Å². The van der Waals surface area contributed by atoms with Crippen LogP contribution in [0.4, 0.5) is 0 Å². The molecule has 1 aromatic carbocycles. The minimum atomic E-state index is -0.232. The average Bonchev–Trinajstić information content (AvgIpc) is 3.27. The Morgan fingerprint density at radius 1 is 1.00 bits per heavy atom. The van der Waals surface area contributed by atoms with Crippen LogP contribution in [0.1, 0.15) is 36.8 Å². The molecule has 0 bridgehead atoms. The van der Waals surface area contributed by atoms with Crippen LogP contribution in [0.2, 0.25) is 0 Å². The summed E-state index contributed by atoms with van der Waals surface area (Å²) in [5.41, 5.74) is 1.85. The summed E-state index contributed by atoms with van der Waals surface area (Å²) >= 11 is 0. The summed E-state index contributed by atoms with van der Waals surface area (Å²) in [5, 5.41) is 2.76. The molecule has 6 nitrogen and oxygen atoms in total. The van der Waals surface area contributed by atoms with Gasteiger partial charge in [-0.25, -0.2) is 0 Å². The van der Waals surface area contributed by atoms with Crippen LogP contribution < -0.4 is 5.32 Å². The fraction of sp³-hybridized carbons (Fsp3) is 0.500. The lowest BCUT2D eigenvalue weighted by molar-refractivity contribution is -0.141. The van der Waals surface area contributed by atoms with Crippen LogP contribution in [0.25, 0.3) is 0 Å². The molecule has 3 rings (SSSR count). The number of nitrogens with one attached hydrogen (secondary N) is 1. The van der Waals surface area contributed by atoms with Gasteiger partial charge in [0.2, 0.25) is 17.7 Å². The van der Waals surface area contributed by atoms with Gasteiger partial charge < -0.3 is 15.1 Å². The van der Waals surface area contributed by atoms with Crippen LogP contribution in [0.5, 0.6) is 0 Å². The van der Waals surface area contributed by atoms with Crippen molar-refractivity contribution in [2.24, 2.45) is 5.92 Å². The summed E-state index contributed by atoms with van der Waals surface area (Å²) in [4.78, 5) is 40.5. The molecule has 3 amide bonds. The molecular weight excluding hydrogens is 354 g/mol. The molecule has 1 aliphatic heterocycles. The minimum Gasteiger partial charge on any atom is -0.348 e. The van der Waals surface area contributed by atoms with Crippen LogP contribution in [0.3, 0.4) is 0 Å². The number of hydrogen-bond donors (Lipinski definition) is 1. The lowest BCUT2D eigenvalue weighted by Crippen LogP contribution is -2.52. The maximum absolute atomic E-state index is 12.8. The lowest BCUT2D eigenvalue weighted by atomic mass is 10.0. The SMILES string of the molecule is C=CC(=O)NCc1ccccc1CC(=O)N1CCN(C(=O)C2CCCC2)CC1. The van der Waals surface area contributed by atoms with Crippen molar-refractivity contribution >= 4 is 17.7 Å². The Kier molecular flexibility index (Phi) is 6.85. The Morgan fingerprint density at radius 3 is 2.25 bits per heavy atom. The van der Waals surface area contributed by atoms with Crippen molar-refractivity contribution in [3.05, 3.63) is 48.0 Å². The maximum Gasteiger partial charge on any atom is 0.243 e. The van der Waals surface area contributed by atoms with Gasteiger partial charge in [0.15, 0.2) is 0 Å². The number of carbonyl (C=O) groups is 3. The second-order valence-electron chi connectivity index (χ2n) is 7.55. The topological polar surface area (TPSA) is 69.7 Å². The molecule has 1 aliphatic carbocycles. The first-order valence-electron chi connectivity index (χ1n) is 10.1. The van der Waals surface area contributed by atoms with Crippen molar-refractivity contribution in [3.63, 3.8) is 0 Å². The molecule has 2 fully saturated rings. The van der Waals surface area contributed by atoms with Crippen molar-refractivity contribution in [2.45, 2.75) is 38.6 Å². The molecule has 150 valence electrons. The summed E-state index contributed by atoms with van der Waals surface area (Å²) in [7, 11) is 0. The van der Waals surface area contributed by atoms with Crippen LogP contribution in [-0.2, 0) is 27.3 Å². The highest BCUT2D eigenvalue weighted by molar-refractivity contribution is 5.87. The monoisotopic (exact) mass is 383 g/mol. The van der Waals surface area contributed by atoms with Gasteiger partial charge in [-0.15, -0.1) is 0 Å². The van der Waals surface area contributed by atoms with Gasteiger partial charge in [-0.3, -0.25) is 14.4 Å². The second-order valence-corrected chi connectivity index (χ2v) is 7.55. The fourth-order valence-electron chi connectivity index (χ4n) is 4.04. The molecule has 0 spiro atoms. The van der Waals surface area contributed by atoms with Gasteiger partial charge in [0.25, 0.3) is 0 Å². The molecule has 1 heterocycles. The highest BCUT2D eigenvalue weighted by atomic mass is 16.2. The van der Waals surface area contributed by atoms with Gasteiger partial charge in [-0.05, 0) is 30.0 Å². The van der Waals surface area contributed by atoms with E-state index in [0.717, 1.165) is 36.8 Å². The lowest BCUT2D eigenvalue weighted by Gasteiger charge is -2.36. The summed E-state index contributed by atoms with van der Waals surface area (Å²) in [6.07, 6.45) is 5.87. The van der Waals surface area contributed by atoms with Crippen LogP contribution in [0, 0.1) is 5.92 Å². The number of piperazine rings is 1. The first-order valence-corrected chi connectivity index (χ1v) is 10.1. The molecule has 1 aromatic rings. The Bertz CT molecular complexity index is 732. The van der Waals surface area contributed by atoms with Gasteiger partial charge in [-0.2, -0.15) is 0 Å². The molecule has 0 unspecified atom stereocenters. The smallest absolute Gasteiger partial charge is 0.243 e. The van der Waals surface area contributed by atoms with Crippen LogP contribution in [-0.4, -0.2) is 53.7 Å². The van der Waals surface area contributed by atoms with E-state index in [1.54, 1.807) is 0 Å². The Balaban J connectivity index is 1.52. The molecule has 1 N–H and O–H groups in total. The van der Waals surface area contributed by atoms with Gasteiger partial charge >= 0.3 is 0 Å². The Morgan fingerprint density at radius 2 is 1.61 bits per heavy atom. The standard InChI is InChI=1S/C22H29N3O3/c1-2-20(26)23-16-19-10-6-5-9-18(19)15-21(27)24-11-13-25(14-12-24)22(28)17-7-3-4-8-17/h2,5-6,9-10,17H,1,3-4,7-8,11-16H2,(H,23,26). The first kappa shape index (κ1) is 20.1. The highest BCUT2D eigenvalue weighted by Crippen LogP contribution is 2.27. The van der Waals surface area contributed by atoms with E-state index in [2.05, 4.69) is 11.9 Å². The molecule has 6 heteroatoms. The van der Waals surface area contributed by atoms with Crippen molar-refractivity contribution in [1.29, 1.82) is 0 Å². The van der Waals surface area contributed by atoms with E-state index in [4.69, 9.17) is 0 Å². The van der Waals surface area contributed by atoms with Gasteiger partial charge in [0.05, 0.1) is 6.42 Å². The maximum atomic E-state index is 12.8. The number of hydrogen-bond acceptors (Lipinski definition) is 3. The second kappa shape index (κ2) is 9.53. The summed E-state index contributed by atoms with van der Waals surface area (Å²) < 4.78 is 0. The van der Waals surface area contributed by atoms with E-state index in [1.807, 2.05) is 34.1 Å². The van der Waals surface area contributed by atoms with E-state index in [0.29, 0.717) is 39.1 Å². The number of amides is 3. The first-order chi connectivity index (χ1) is 13.6. The molecule has 0 radical (unpaired) electrons. The number of benzene rings is 1. The molecule has 1 saturated carbocycles. The minimum absolute atomic E-state index is 0.0652. The molecule has 2 aliphatic rings. The molecule has 0 aromatic heterocycles. The zero-order valence-electron chi connectivity index (χ0n) is 16.4. The normalized spacial score (nSPS) is 17.4. The van der Waals surface area contributed by atoms with E-state index < -0.39 is 0 Å². The predicted molar refractivity (Wildman–Crippen MR) is 107 cm³/mol. The fourth-order valence-corrected chi connectivity index (χ4v) is 4.04. The quantitative estimate of drug-likeness (QED) is 0.763. The molecule has 0 atom stereocenters. The van der Waals surface area contributed by atoms with E-state index in [1.165, 1.54) is 6.08 Å². The summed E-state index contributed by atoms with van der Waals surface area (Å²) in [6.45, 7) is 6.25. The highest BCUT2D eigenvalue weighted by Gasteiger charge is 2.30. The van der Waals surface area contributed by atoms with Gasteiger partial charge in [0, 0.05) is 38.6 Å². The largest absolute Gasteiger partial charge is 0.348 e. The van der Waals surface area contributed by atoms with Crippen molar-refractivity contribution in [2.75, 3.05) is 26.2 Å². The van der Waals surface area contributed by atoms with E-state index in [9.17, 15) is 14.4 Å². The number of carbonyl (C=O) groups excluding carboxylic acids is 3. The van der Waals surface area contributed by atoms with Gasteiger partial charge in [0.1, 0.15) is 0 Å². The third-order valence-electron chi connectivity index (χ3n) is 5.75. The molecule has 1 saturated heterocycles. The Hall–Kier alpha value is -2.63. The van der Waals surface area contributed by atoms with E-state index >= 15 is 0 Å². The summed E-state index contributed by atoms with van der Waals surface area (Å²) in [5.74, 6) is 0.299. The number of nitrogens with zero attached hydrogens (tertiary/aromatic N) is 2.